The highest BCUT2D eigenvalue weighted by Crippen LogP contribution is 2.20. The van der Waals surface area contributed by atoms with Crippen LogP contribution in [0.15, 0.2) is 4.99 Å². The molecule has 0 heterocycles. The zero-order valence-electron chi connectivity index (χ0n) is 13.1. The van der Waals surface area contributed by atoms with Crippen molar-refractivity contribution in [3.8, 4) is 0 Å². The van der Waals surface area contributed by atoms with E-state index in [2.05, 4.69) is 36.4 Å². The van der Waals surface area contributed by atoms with Gasteiger partial charge in [-0.25, -0.2) is 0 Å². The van der Waals surface area contributed by atoms with E-state index < -0.39 is 0 Å². The summed E-state index contributed by atoms with van der Waals surface area (Å²) >= 11 is 0. The Morgan fingerprint density at radius 3 is 2.26 bits per heavy atom. The van der Waals surface area contributed by atoms with E-state index in [0.29, 0.717) is 0 Å². The maximum absolute atomic E-state index is 5.49. The third-order valence-corrected chi connectivity index (χ3v) is 2.75. The molecular formula is C13H30IN3O2. The van der Waals surface area contributed by atoms with E-state index in [0.717, 1.165) is 32.1 Å². The second-order valence-electron chi connectivity index (χ2n) is 5.32. The topological polar surface area (TPSA) is 54.9 Å². The Bertz CT molecular complexity index is 243. The van der Waals surface area contributed by atoms with Gasteiger partial charge in [-0.15, -0.1) is 24.0 Å². The van der Waals surface area contributed by atoms with E-state index in [1.54, 1.807) is 21.3 Å². The van der Waals surface area contributed by atoms with Crippen molar-refractivity contribution >= 4 is 29.9 Å². The van der Waals surface area contributed by atoms with Crippen molar-refractivity contribution in [1.29, 1.82) is 0 Å². The van der Waals surface area contributed by atoms with Crippen LogP contribution >= 0.6 is 24.0 Å². The van der Waals surface area contributed by atoms with Gasteiger partial charge in [-0.2, -0.15) is 0 Å². The van der Waals surface area contributed by atoms with Gasteiger partial charge in [-0.1, -0.05) is 20.8 Å². The van der Waals surface area contributed by atoms with Crippen LogP contribution in [0, 0.1) is 5.41 Å². The first kappa shape index (κ1) is 21.2. The maximum atomic E-state index is 5.49. The molecule has 0 aliphatic rings. The molecule has 0 spiro atoms. The molecule has 2 N–H and O–H groups in total. The number of rotatable bonds is 7. The minimum absolute atomic E-state index is 0. The van der Waals surface area contributed by atoms with Crippen molar-refractivity contribution in [2.75, 3.05) is 41.0 Å². The van der Waals surface area contributed by atoms with Gasteiger partial charge in [-0.05, 0) is 11.8 Å². The molecule has 0 aromatic carbocycles. The number of hydrogen-bond acceptors (Lipinski definition) is 3. The number of hydrogen-bond donors (Lipinski definition) is 2. The number of halogens is 1. The average molecular weight is 387 g/mol. The first-order valence-corrected chi connectivity index (χ1v) is 6.42. The molecule has 0 amide bonds. The summed E-state index contributed by atoms with van der Waals surface area (Å²) in [5, 5.41) is 6.52. The largest absolute Gasteiger partial charge is 0.385 e. The molecule has 0 radical (unpaired) electrons. The second-order valence-corrected chi connectivity index (χ2v) is 5.32. The van der Waals surface area contributed by atoms with Crippen LogP contribution in [0.1, 0.15) is 27.2 Å². The van der Waals surface area contributed by atoms with Crippen molar-refractivity contribution in [3.05, 3.63) is 0 Å². The van der Waals surface area contributed by atoms with Crippen molar-refractivity contribution < 1.29 is 9.47 Å². The third kappa shape index (κ3) is 10.4. The number of methoxy groups -OCH3 is 2. The molecule has 6 heteroatoms. The Balaban J connectivity index is 0. The maximum Gasteiger partial charge on any atom is 0.191 e. The Labute approximate surface area is 134 Å². The van der Waals surface area contributed by atoms with Gasteiger partial charge in [0, 0.05) is 41.0 Å². The zero-order valence-corrected chi connectivity index (χ0v) is 15.4. The Morgan fingerprint density at radius 2 is 1.84 bits per heavy atom. The first-order valence-electron chi connectivity index (χ1n) is 6.42. The standard InChI is InChI=1S/C13H29N3O2.HI/c1-13(2,3)11(18-6)10-16-12(14-4)15-8-7-9-17-5;/h11H,7-10H2,1-6H3,(H2,14,15,16);1H. The molecule has 0 saturated heterocycles. The fraction of sp³-hybridized carbons (Fsp3) is 0.923. The van der Waals surface area contributed by atoms with Gasteiger partial charge in [0.25, 0.3) is 0 Å². The number of guanidine groups is 1. The van der Waals surface area contributed by atoms with E-state index in [1.165, 1.54) is 0 Å². The number of nitrogens with one attached hydrogen (secondary N) is 2. The average Bonchev–Trinajstić information content (AvgIpc) is 2.31. The molecule has 0 saturated carbocycles. The predicted octanol–water partition coefficient (Wildman–Crippen LogP) is 1.87. The summed E-state index contributed by atoms with van der Waals surface area (Å²) in [6.45, 7) is 8.84. The van der Waals surface area contributed by atoms with Crippen molar-refractivity contribution in [1.82, 2.24) is 10.6 Å². The van der Waals surface area contributed by atoms with E-state index >= 15 is 0 Å². The van der Waals surface area contributed by atoms with E-state index in [4.69, 9.17) is 9.47 Å². The zero-order chi connectivity index (χ0) is 14.0. The Hall–Kier alpha value is -0.0800. The van der Waals surface area contributed by atoms with Crippen LogP contribution in [-0.4, -0.2) is 53.0 Å². The lowest BCUT2D eigenvalue weighted by Gasteiger charge is -2.30. The molecule has 0 aromatic rings. The lowest BCUT2D eigenvalue weighted by atomic mass is 9.89. The number of ether oxygens (including phenoxy) is 2. The van der Waals surface area contributed by atoms with Crippen LogP contribution in [0.25, 0.3) is 0 Å². The van der Waals surface area contributed by atoms with Crippen molar-refractivity contribution in [3.63, 3.8) is 0 Å². The van der Waals surface area contributed by atoms with Gasteiger partial charge in [0.15, 0.2) is 5.96 Å². The van der Waals surface area contributed by atoms with Crippen LogP contribution < -0.4 is 10.6 Å². The Morgan fingerprint density at radius 1 is 1.21 bits per heavy atom. The van der Waals surface area contributed by atoms with E-state index in [9.17, 15) is 0 Å². The fourth-order valence-corrected chi connectivity index (χ4v) is 1.58. The first-order chi connectivity index (χ1) is 8.45. The summed E-state index contributed by atoms with van der Waals surface area (Å²) < 4.78 is 10.5. The molecule has 0 aliphatic carbocycles. The minimum atomic E-state index is 0. The lowest BCUT2D eigenvalue weighted by Crippen LogP contribution is -2.45. The monoisotopic (exact) mass is 387 g/mol. The van der Waals surface area contributed by atoms with E-state index in [-0.39, 0.29) is 35.5 Å². The summed E-state index contributed by atoms with van der Waals surface area (Å²) in [6.07, 6.45) is 1.11. The van der Waals surface area contributed by atoms with Gasteiger partial charge >= 0.3 is 0 Å². The second kappa shape index (κ2) is 11.7. The van der Waals surface area contributed by atoms with Crippen molar-refractivity contribution in [2.45, 2.75) is 33.3 Å². The van der Waals surface area contributed by atoms with Crippen LogP contribution in [0.3, 0.4) is 0 Å². The van der Waals surface area contributed by atoms with Gasteiger partial charge in [0.1, 0.15) is 0 Å². The molecule has 0 fully saturated rings. The SMILES string of the molecule is CN=C(NCCCOC)NCC(OC)C(C)(C)C.I. The molecule has 1 unspecified atom stereocenters. The molecule has 0 aromatic heterocycles. The van der Waals surface area contributed by atoms with Crippen LogP contribution in [0.5, 0.6) is 0 Å². The molecular weight excluding hydrogens is 357 g/mol. The molecule has 0 bridgehead atoms. The minimum Gasteiger partial charge on any atom is -0.385 e. The molecule has 1 atom stereocenters. The fourth-order valence-electron chi connectivity index (χ4n) is 1.58. The number of nitrogens with zero attached hydrogens (tertiary/aromatic N) is 1. The summed E-state index contributed by atoms with van der Waals surface area (Å²) in [5.74, 6) is 0.803. The smallest absolute Gasteiger partial charge is 0.191 e. The van der Waals surface area contributed by atoms with E-state index in [1.807, 2.05) is 0 Å². The molecule has 5 nitrogen and oxygen atoms in total. The summed E-state index contributed by atoms with van der Waals surface area (Å²) in [4.78, 5) is 4.17. The van der Waals surface area contributed by atoms with Crippen LogP contribution in [-0.2, 0) is 9.47 Å². The number of aliphatic imine (C=N–C) groups is 1. The highest BCUT2D eigenvalue weighted by Gasteiger charge is 2.24. The quantitative estimate of drug-likeness (QED) is 0.303. The molecule has 116 valence electrons. The highest BCUT2D eigenvalue weighted by molar-refractivity contribution is 14.0. The van der Waals surface area contributed by atoms with Gasteiger partial charge in [-0.3, -0.25) is 4.99 Å². The van der Waals surface area contributed by atoms with Crippen LogP contribution in [0.2, 0.25) is 0 Å². The normalized spacial score (nSPS) is 13.7. The molecule has 0 aliphatic heterocycles. The lowest BCUT2D eigenvalue weighted by molar-refractivity contribution is 0.0205. The summed E-state index contributed by atoms with van der Waals surface area (Å²) in [7, 11) is 5.22. The van der Waals surface area contributed by atoms with Gasteiger partial charge in [0.2, 0.25) is 0 Å². The highest BCUT2D eigenvalue weighted by atomic mass is 127. The Kier molecular flexibility index (Phi) is 13.1. The van der Waals surface area contributed by atoms with Crippen molar-refractivity contribution in [2.24, 2.45) is 10.4 Å². The molecule has 0 rings (SSSR count). The predicted molar refractivity (Wildman–Crippen MR) is 91.5 cm³/mol. The van der Waals surface area contributed by atoms with Crippen LogP contribution in [0.4, 0.5) is 0 Å². The van der Waals surface area contributed by atoms with Gasteiger partial charge < -0.3 is 20.1 Å². The summed E-state index contributed by atoms with van der Waals surface area (Å²) in [6, 6.07) is 0. The molecule has 19 heavy (non-hydrogen) atoms. The van der Waals surface area contributed by atoms with Gasteiger partial charge in [0.05, 0.1) is 6.10 Å². The third-order valence-electron chi connectivity index (χ3n) is 2.75. The summed E-state index contributed by atoms with van der Waals surface area (Å²) in [5.41, 5.74) is 0.108.